The van der Waals surface area contributed by atoms with Gasteiger partial charge in [-0.3, -0.25) is 0 Å². The van der Waals surface area contributed by atoms with Crippen LogP contribution in [0.1, 0.15) is 17.7 Å². The van der Waals surface area contributed by atoms with Crippen molar-refractivity contribution in [2.75, 3.05) is 0 Å². The third-order valence-corrected chi connectivity index (χ3v) is 5.13. The molecule has 1 unspecified atom stereocenters. The number of rotatable bonds is 4. The highest BCUT2D eigenvalue weighted by Gasteiger charge is 2.15. The minimum absolute atomic E-state index is 0.138. The van der Waals surface area contributed by atoms with Gasteiger partial charge in [-0.25, -0.2) is 19.0 Å². The van der Waals surface area contributed by atoms with Gasteiger partial charge >= 0.3 is 0 Å². The van der Waals surface area contributed by atoms with Gasteiger partial charge in [0.15, 0.2) is 5.65 Å². The molecule has 0 saturated heterocycles. The smallest absolute Gasteiger partial charge is 0.167 e. The van der Waals surface area contributed by atoms with Crippen molar-refractivity contribution >= 4 is 22.8 Å². The molecule has 0 aliphatic carbocycles. The first-order valence-corrected chi connectivity index (χ1v) is 8.76. The van der Waals surface area contributed by atoms with E-state index in [0.717, 1.165) is 27.3 Å². The van der Waals surface area contributed by atoms with Crippen LogP contribution in [-0.2, 0) is 0 Å². The summed E-state index contributed by atoms with van der Waals surface area (Å²) >= 11 is 1.61. The Hall–Kier alpha value is -2.73. The molecule has 4 aromatic rings. The lowest BCUT2D eigenvalue weighted by Gasteiger charge is -2.11. The van der Waals surface area contributed by atoms with E-state index in [1.165, 1.54) is 12.1 Å². The van der Waals surface area contributed by atoms with E-state index in [-0.39, 0.29) is 11.1 Å². The minimum Gasteiger partial charge on any atom is -0.229 e. The van der Waals surface area contributed by atoms with Crippen molar-refractivity contribution in [2.24, 2.45) is 0 Å². The van der Waals surface area contributed by atoms with E-state index in [1.54, 1.807) is 36.4 Å². The second kappa shape index (κ2) is 6.64. The maximum absolute atomic E-state index is 13.1. The van der Waals surface area contributed by atoms with E-state index in [1.807, 2.05) is 35.0 Å². The summed E-state index contributed by atoms with van der Waals surface area (Å²) in [6.07, 6.45) is 3.35. The number of aromatic nitrogens is 4. The van der Waals surface area contributed by atoms with Crippen molar-refractivity contribution in [1.82, 2.24) is 19.7 Å². The first-order chi connectivity index (χ1) is 12.2. The number of para-hydroxylation sites is 1. The molecule has 0 bridgehead atoms. The third kappa shape index (κ3) is 3.13. The van der Waals surface area contributed by atoms with Gasteiger partial charge in [0.1, 0.15) is 17.2 Å². The quantitative estimate of drug-likeness (QED) is 0.391. The first-order valence-electron chi connectivity index (χ1n) is 7.88. The number of thioether (sulfide) groups is 1. The van der Waals surface area contributed by atoms with Crippen LogP contribution >= 0.6 is 11.8 Å². The molecule has 0 aliphatic heterocycles. The van der Waals surface area contributed by atoms with Crippen molar-refractivity contribution in [3.05, 3.63) is 78.5 Å². The fraction of sp³-hybridized carbons (Fsp3) is 0.105. The second-order valence-electron chi connectivity index (χ2n) is 5.62. The SMILES string of the molecule is CC(Sc1ncnc2c1cnn2-c1ccccc1)c1ccc(F)cc1. The van der Waals surface area contributed by atoms with Crippen LogP contribution < -0.4 is 0 Å². The molecule has 0 fully saturated rings. The van der Waals surface area contributed by atoms with Gasteiger partial charge in [0.05, 0.1) is 17.3 Å². The van der Waals surface area contributed by atoms with Gasteiger partial charge in [0.25, 0.3) is 0 Å². The van der Waals surface area contributed by atoms with Gasteiger partial charge in [-0.2, -0.15) is 5.10 Å². The van der Waals surface area contributed by atoms with Crippen molar-refractivity contribution in [3.8, 4) is 5.69 Å². The number of halogens is 1. The number of nitrogens with zero attached hydrogens (tertiary/aromatic N) is 4. The number of benzene rings is 2. The highest BCUT2D eigenvalue weighted by Crippen LogP contribution is 2.36. The molecule has 25 heavy (non-hydrogen) atoms. The lowest BCUT2D eigenvalue weighted by molar-refractivity contribution is 0.627. The van der Waals surface area contributed by atoms with Gasteiger partial charge in [-0.05, 0) is 36.8 Å². The van der Waals surface area contributed by atoms with Gasteiger partial charge in [0, 0.05) is 5.25 Å². The Bertz CT molecular complexity index is 999. The van der Waals surface area contributed by atoms with E-state index < -0.39 is 0 Å². The van der Waals surface area contributed by atoms with Crippen molar-refractivity contribution < 1.29 is 4.39 Å². The number of hydrogen-bond donors (Lipinski definition) is 0. The Morgan fingerprint density at radius 2 is 1.76 bits per heavy atom. The average molecular weight is 350 g/mol. The molecule has 6 heteroatoms. The normalized spacial score (nSPS) is 12.4. The lowest BCUT2D eigenvalue weighted by Crippen LogP contribution is -1.98. The Morgan fingerprint density at radius 3 is 2.52 bits per heavy atom. The fourth-order valence-corrected chi connectivity index (χ4v) is 3.65. The van der Waals surface area contributed by atoms with Crippen LogP contribution in [0.5, 0.6) is 0 Å². The van der Waals surface area contributed by atoms with Crippen LogP contribution in [0, 0.1) is 5.82 Å². The monoisotopic (exact) mass is 350 g/mol. The van der Waals surface area contributed by atoms with Gasteiger partial charge in [0.2, 0.25) is 0 Å². The maximum Gasteiger partial charge on any atom is 0.167 e. The standard InChI is InChI=1S/C19H15FN4S/c1-13(14-7-9-15(20)10-8-14)25-19-17-11-23-24(18(17)21-12-22-19)16-5-3-2-4-6-16/h2-13H,1H3. The molecule has 4 rings (SSSR count). The Balaban J connectivity index is 1.69. The van der Waals surface area contributed by atoms with Crippen molar-refractivity contribution in [3.63, 3.8) is 0 Å². The van der Waals surface area contributed by atoms with Crippen molar-refractivity contribution in [1.29, 1.82) is 0 Å². The molecular weight excluding hydrogens is 335 g/mol. The molecule has 2 heterocycles. The zero-order valence-corrected chi connectivity index (χ0v) is 14.3. The highest BCUT2D eigenvalue weighted by molar-refractivity contribution is 7.99. The largest absolute Gasteiger partial charge is 0.229 e. The number of fused-ring (bicyclic) bond motifs is 1. The molecule has 0 amide bonds. The van der Waals surface area contributed by atoms with E-state index in [4.69, 9.17) is 0 Å². The number of hydrogen-bond acceptors (Lipinski definition) is 4. The van der Waals surface area contributed by atoms with Crippen LogP contribution in [0.15, 0.2) is 72.1 Å². The summed E-state index contributed by atoms with van der Waals surface area (Å²) in [5, 5.41) is 6.38. The van der Waals surface area contributed by atoms with Crippen LogP contribution in [0.25, 0.3) is 16.7 Å². The maximum atomic E-state index is 13.1. The van der Waals surface area contributed by atoms with E-state index >= 15 is 0 Å². The molecule has 2 aromatic carbocycles. The topological polar surface area (TPSA) is 43.6 Å². The third-order valence-electron chi connectivity index (χ3n) is 3.96. The highest BCUT2D eigenvalue weighted by atomic mass is 32.2. The zero-order valence-electron chi connectivity index (χ0n) is 13.5. The predicted molar refractivity (Wildman–Crippen MR) is 97.3 cm³/mol. The van der Waals surface area contributed by atoms with E-state index in [0.29, 0.717) is 0 Å². The van der Waals surface area contributed by atoms with Gasteiger partial charge < -0.3 is 0 Å². The summed E-state index contributed by atoms with van der Waals surface area (Å²) in [6, 6.07) is 16.5. The van der Waals surface area contributed by atoms with Crippen LogP contribution in [0.4, 0.5) is 4.39 Å². The van der Waals surface area contributed by atoms with E-state index in [2.05, 4.69) is 22.0 Å². The second-order valence-corrected chi connectivity index (χ2v) is 6.95. The lowest BCUT2D eigenvalue weighted by atomic mass is 10.2. The summed E-state index contributed by atoms with van der Waals surface area (Å²) in [5.74, 6) is -0.227. The van der Waals surface area contributed by atoms with Gasteiger partial charge in [-0.1, -0.05) is 42.1 Å². The molecule has 0 aliphatic rings. The molecule has 0 N–H and O–H groups in total. The minimum atomic E-state index is -0.227. The Labute approximate surface area is 148 Å². The van der Waals surface area contributed by atoms with E-state index in [9.17, 15) is 4.39 Å². The molecule has 0 radical (unpaired) electrons. The van der Waals surface area contributed by atoms with Crippen LogP contribution in [-0.4, -0.2) is 19.7 Å². The van der Waals surface area contributed by atoms with Crippen molar-refractivity contribution in [2.45, 2.75) is 17.2 Å². The predicted octanol–water partition coefficient (Wildman–Crippen LogP) is 4.81. The van der Waals surface area contributed by atoms with Crippen LogP contribution in [0.3, 0.4) is 0 Å². The van der Waals surface area contributed by atoms with Gasteiger partial charge in [-0.15, -0.1) is 0 Å². The Morgan fingerprint density at radius 1 is 1.00 bits per heavy atom. The first kappa shape index (κ1) is 15.8. The molecule has 2 aromatic heterocycles. The summed E-state index contributed by atoms with van der Waals surface area (Å²) < 4.78 is 14.9. The molecule has 0 spiro atoms. The molecule has 1 atom stereocenters. The molecule has 0 saturated carbocycles. The Kier molecular flexibility index (Phi) is 4.19. The zero-order chi connectivity index (χ0) is 17.2. The molecule has 124 valence electrons. The fourth-order valence-electron chi connectivity index (χ4n) is 2.64. The summed E-state index contributed by atoms with van der Waals surface area (Å²) in [4.78, 5) is 8.82. The summed E-state index contributed by atoms with van der Waals surface area (Å²) in [6.45, 7) is 2.08. The molecular formula is C19H15FN4S. The molecule has 4 nitrogen and oxygen atoms in total. The van der Waals surface area contributed by atoms with Crippen LogP contribution in [0.2, 0.25) is 0 Å². The average Bonchev–Trinajstić information content (AvgIpc) is 3.08. The summed E-state index contributed by atoms with van der Waals surface area (Å²) in [5.41, 5.74) is 2.78. The summed E-state index contributed by atoms with van der Waals surface area (Å²) in [7, 11) is 0.